The minimum absolute atomic E-state index is 0.327. The summed E-state index contributed by atoms with van der Waals surface area (Å²) < 4.78 is 0. The van der Waals surface area contributed by atoms with Crippen molar-refractivity contribution in [2.24, 2.45) is 0 Å². The average molecular weight is 199 g/mol. The van der Waals surface area contributed by atoms with Gasteiger partial charge in [-0.1, -0.05) is 0 Å². The molecule has 1 atom stereocenters. The molecule has 1 amide bonds. The Balaban J connectivity index is 2.52. The molecule has 0 spiro atoms. The third kappa shape index (κ3) is 2.69. The zero-order chi connectivity index (χ0) is 10.6. The van der Waals surface area contributed by atoms with Crippen molar-refractivity contribution in [1.29, 1.82) is 0 Å². The van der Waals surface area contributed by atoms with Crippen LogP contribution in [0.3, 0.4) is 0 Å². The molecule has 14 heavy (non-hydrogen) atoms. The molecule has 4 heteroatoms. The van der Waals surface area contributed by atoms with E-state index in [2.05, 4.69) is 24.1 Å². The number of hydrogen-bond donors (Lipinski definition) is 1. The number of likely N-dealkylation sites (N-methyl/N-ethyl adjacent to an activating group) is 1. The van der Waals surface area contributed by atoms with Crippen molar-refractivity contribution < 1.29 is 4.79 Å². The molecule has 1 rings (SSSR count). The van der Waals surface area contributed by atoms with E-state index in [4.69, 9.17) is 0 Å². The van der Waals surface area contributed by atoms with Crippen LogP contribution in [0.4, 0.5) is 0 Å². The molecule has 82 valence electrons. The van der Waals surface area contributed by atoms with Gasteiger partial charge in [0.15, 0.2) is 0 Å². The van der Waals surface area contributed by atoms with Gasteiger partial charge in [-0.3, -0.25) is 9.69 Å². The quantitative estimate of drug-likeness (QED) is 0.635. The highest BCUT2D eigenvalue weighted by molar-refractivity contribution is 5.48. The Bertz CT molecular complexity index is 184. The van der Waals surface area contributed by atoms with Crippen LogP contribution in [0.25, 0.3) is 0 Å². The molecule has 0 saturated carbocycles. The van der Waals surface area contributed by atoms with Gasteiger partial charge in [-0.25, -0.2) is 0 Å². The van der Waals surface area contributed by atoms with E-state index < -0.39 is 0 Å². The van der Waals surface area contributed by atoms with Gasteiger partial charge in [0.1, 0.15) is 0 Å². The van der Waals surface area contributed by atoms with Gasteiger partial charge >= 0.3 is 0 Å². The molecule has 1 aliphatic heterocycles. The molecular formula is C10H21N3O. The minimum atomic E-state index is 0.327. The SMILES string of the molecule is CNCC1CN(C(C)C)CCN1C=O. The van der Waals surface area contributed by atoms with E-state index >= 15 is 0 Å². The van der Waals surface area contributed by atoms with Gasteiger partial charge in [0.2, 0.25) is 6.41 Å². The van der Waals surface area contributed by atoms with Gasteiger partial charge in [-0.05, 0) is 20.9 Å². The molecule has 1 heterocycles. The van der Waals surface area contributed by atoms with Crippen LogP contribution in [0.15, 0.2) is 0 Å². The molecular weight excluding hydrogens is 178 g/mol. The number of nitrogens with zero attached hydrogens (tertiary/aromatic N) is 2. The van der Waals surface area contributed by atoms with Crippen molar-refractivity contribution in [3.05, 3.63) is 0 Å². The second-order valence-electron chi connectivity index (χ2n) is 4.14. The summed E-state index contributed by atoms with van der Waals surface area (Å²) in [6.45, 7) is 8.11. The van der Waals surface area contributed by atoms with Crippen LogP contribution in [0, 0.1) is 0 Å². The topological polar surface area (TPSA) is 35.6 Å². The van der Waals surface area contributed by atoms with Crippen LogP contribution >= 0.6 is 0 Å². The van der Waals surface area contributed by atoms with E-state index in [0.717, 1.165) is 32.6 Å². The van der Waals surface area contributed by atoms with Crippen molar-refractivity contribution in [3.8, 4) is 0 Å². The largest absolute Gasteiger partial charge is 0.338 e. The lowest BCUT2D eigenvalue weighted by molar-refractivity contribution is -0.122. The zero-order valence-corrected chi connectivity index (χ0v) is 9.36. The normalized spacial score (nSPS) is 24.3. The van der Waals surface area contributed by atoms with Crippen LogP contribution in [0.1, 0.15) is 13.8 Å². The van der Waals surface area contributed by atoms with Crippen molar-refractivity contribution in [1.82, 2.24) is 15.1 Å². The number of nitrogens with one attached hydrogen (secondary N) is 1. The third-order valence-corrected chi connectivity index (χ3v) is 2.87. The lowest BCUT2D eigenvalue weighted by atomic mass is 10.1. The van der Waals surface area contributed by atoms with E-state index in [1.165, 1.54) is 0 Å². The number of amides is 1. The predicted molar refractivity (Wildman–Crippen MR) is 57.2 cm³/mol. The molecule has 0 bridgehead atoms. The molecule has 1 N–H and O–H groups in total. The maximum atomic E-state index is 10.8. The van der Waals surface area contributed by atoms with Crippen molar-refractivity contribution in [2.45, 2.75) is 25.9 Å². The first-order valence-electron chi connectivity index (χ1n) is 5.28. The standard InChI is InChI=1S/C10H21N3O/c1-9(2)12-4-5-13(8-14)10(7-12)6-11-3/h8-11H,4-7H2,1-3H3. The summed E-state index contributed by atoms with van der Waals surface area (Å²) in [4.78, 5) is 15.1. The Morgan fingerprint density at radius 1 is 1.50 bits per heavy atom. The average Bonchev–Trinajstić information content (AvgIpc) is 2.18. The first kappa shape index (κ1) is 11.5. The molecule has 0 aromatic heterocycles. The van der Waals surface area contributed by atoms with Crippen LogP contribution in [0.5, 0.6) is 0 Å². The van der Waals surface area contributed by atoms with E-state index in [9.17, 15) is 4.79 Å². The third-order valence-electron chi connectivity index (χ3n) is 2.87. The lowest BCUT2D eigenvalue weighted by Gasteiger charge is -2.41. The van der Waals surface area contributed by atoms with E-state index in [-0.39, 0.29) is 0 Å². The van der Waals surface area contributed by atoms with Crippen LogP contribution in [-0.2, 0) is 4.79 Å². The highest BCUT2D eigenvalue weighted by Crippen LogP contribution is 2.10. The molecule has 1 aliphatic rings. The summed E-state index contributed by atoms with van der Waals surface area (Å²) in [5, 5.41) is 3.13. The lowest BCUT2D eigenvalue weighted by Crippen LogP contribution is -2.57. The van der Waals surface area contributed by atoms with E-state index in [0.29, 0.717) is 12.1 Å². The Labute approximate surface area is 86.2 Å². The van der Waals surface area contributed by atoms with Crippen molar-refractivity contribution in [2.75, 3.05) is 33.2 Å². The fourth-order valence-corrected chi connectivity index (χ4v) is 1.92. The molecule has 0 aromatic rings. The van der Waals surface area contributed by atoms with Crippen molar-refractivity contribution in [3.63, 3.8) is 0 Å². The Hall–Kier alpha value is -0.610. The first-order valence-corrected chi connectivity index (χ1v) is 5.28. The van der Waals surface area contributed by atoms with Crippen LogP contribution in [0.2, 0.25) is 0 Å². The maximum absolute atomic E-state index is 10.8. The zero-order valence-electron chi connectivity index (χ0n) is 9.36. The molecule has 1 fully saturated rings. The van der Waals surface area contributed by atoms with Gasteiger partial charge in [0.25, 0.3) is 0 Å². The first-order chi connectivity index (χ1) is 6.69. The summed E-state index contributed by atoms with van der Waals surface area (Å²) in [7, 11) is 1.93. The fourth-order valence-electron chi connectivity index (χ4n) is 1.92. The number of piperazine rings is 1. The van der Waals surface area contributed by atoms with Crippen LogP contribution in [-0.4, -0.2) is 61.5 Å². The summed E-state index contributed by atoms with van der Waals surface area (Å²) in [6, 6.07) is 0.900. The molecule has 1 unspecified atom stereocenters. The fraction of sp³-hybridized carbons (Fsp3) is 0.900. The van der Waals surface area contributed by atoms with Crippen LogP contribution < -0.4 is 5.32 Å². The summed E-state index contributed by atoms with van der Waals surface area (Å²) in [5.41, 5.74) is 0. The van der Waals surface area contributed by atoms with Gasteiger partial charge in [0, 0.05) is 32.2 Å². The second kappa shape index (κ2) is 5.32. The molecule has 0 aliphatic carbocycles. The Kier molecular flexibility index (Phi) is 4.35. The summed E-state index contributed by atoms with van der Waals surface area (Å²) in [6.07, 6.45) is 0.972. The molecule has 1 saturated heterocycles. The predicted octanol–water partition coefficient (Wildman–Crippen LogP) is -0.243. The van der Waals surface area contributed by atoms with Gasteiger partial charge in [-0.15, -0.1) is 0 Å². The van der Waals surface area contributed by atoms with Gasteiger partial charge < -0.3 is 10.2 Å². The second-order valence-corrected chi connectivity index (χ2v) is 4.14. The minimum Gasteiger partial charge on any atom is -0.338 e. The Morgan fingerprint density at radius 2 is 2.21 bits per heavy atom. The summed E-state index contributed by atoms with van der Waals surface area (Å²) >= 11 is 0. The number of rotatable bonds is 4. The number of carbonyl (C=O) groups excluding carboxylic acids is 1. The maximum Gasteiger partial charge on any atom is 0.210 e. The van der Waals surface area contributed by atoms with Gasteiger partial charge in [-0.2, -0.15) is 0 Å². The van der Waals surface area contributed by atoms with E-state index in [1.807, 2.05) is 11.9 Å². The smallest absolute Gasteiger partial charge is 0.210 e. The highest BCUT2D eigenvalue weighted by atomic mass is 16.1. The molecule has 0 radical (unpaired) electrons. The summed E-state index contributed by atoms with van der Waals surface area (Å²) in [5.74, 6) is 0. The van der Waals surface area contributed by atoms with E-state index in [1.54, 1.807) is 0 Å². The Morgan fingerprint density at radius 3 is 2.71 bits per heavy atom. The molecule has 0 aromatic carbocycles. The number of hydrogen-bond acceptors (Lipinski definition) is 3. The van der Waals surface area contributed by atoms with Gasteiger partial charge in [0.05, 0.1) is 6.04 Å². The highest BCUT2D eigenvalue weighted by Gasteiger charge is 2.26. The number of carbonyl (C=O) groups is 1. The monoisotopic (exact) mass is 199 g/mol. The van der Waals surface area contributed by atoms with Crippen molar-refractivity contribution >= 4 is 6.41 Å². The molecule has 4 nitrogen and oxygen atoms in total.